The first-order valence-corrected chi connectivity index (χ1v) is 9.31. The van der Waals surface area contributed by atoms with Gasteiger partial charge >= 0.3 is 11.9 Å². The average Bonchev–Trinajstić information content (AvgIpc) is 2.80. The van der Waals surface area contributed by atoms with Gasteiger partial charge in [0.2, 0.25) is 5.95 Å². The third kappa shape index (κ3) is 4.08. The van der Waals surface area contributed by atoms with Crippen LogP contribution in [0.3, 0.4) is 0 Å². The Bertz CT molecular complexity index is 595. The Kier molecular flexibility index (Phi) is 5.41. The second-order valence-electron chi connectivity index (χ2n) is 5.40. The highest BCUT2D eigenvalue weighted by atomic mass is 32.2. The highest BCUT2D eigenvalue weighted by molar-refractivity contribution is 8.00. The van der Waals surface area contributed by atoms with Crippen molar-refractivity contribution >= 4 is 41.4 Å². The molecule has 130 valence electrons. The number of carboxylic acid groups (broad SMARTS) is 2. The molecule has 0 spiro atoms. The lowest BCUT2D eigenvalue weighted by Crippen LogP contribution is -2.46. The number of thioether (sulfide) groups is 2. The number of nitrogens with zero attached hydrogens (tertiary/aromatic N) is 4. The number of anilines is 1. The zero-order valence-corrected chi connectivity index (χ0v) is 14.3. The highest BCUT2D eigenvalue weighted by Gasteiger charge is 2.39. The lowest BCUT2D eigenvalue weighted by molar-refractivity contribution is -0.134. The maximum Gasteiger partial charge on any atom is 0.313 e. The summed E-state index contributed by atoms with van der Waals surface area (Å²) in [5, 5.41) is 18.2. The molecule has 2 bridgehead atoms. The van der Waals surface area contributed by atoms with Crippen LogP contribution in [0.1, 0.15) is 12.8 Å². The Morgan fingerprint density at radius 3 is 1.96 bits per heavy atom. The lowest BCUT2D eigenvalue weighted by atomic mass is 10.2. The van der Waals surface area contributed by atoms with Crippen molar-refractivity contribution < 1.29 is 24.5 Å². The zero-order valence-electron chi connectivity index (χ0n) is 12.6. The van der Waals surface area contributed by atoms with Gasteiger partial charge in [-0.25, -0.2) is 0 Å². The number of hydrogen-bond acceptors (Lipinski definition) is 9. The van der Waals surface area contributed by atoms with Crippen LogP contribution in [0, 0.1) is 0 Å². The Morgan fingerprint density at radius 2 is 1.50 bits per heavy atom. The smallest absolute Gasteiger partial charge is 0.313 e. The summed E-state index contributed by atoms with van der Waals surface area (Å²) in [7, 11) is 0. The third-order valence-corrected chi connectivity index (χ3v) is 5.37. The van der Waals surface area contributed by atoms with E-state index in [0.29, 0.717) is 29.5 Å². The van der Waals surface area contributed by atoms with E-state index in [1.165, 1.54) is 0 Å². The first-order valence-electron chi connectivity index (χ1n) is 7.34. The minimum Gasteiger partial charge on any atom is -0.481 e. The maximum atomic E-state index is 10.8. The summed E-state index contributed by atoms with van der Waals surface area (Å²) >= 11 is 2.00. The number of rotatable bonds is 7. The number of morpholine rings is 1. The second kappa shape index (κ2) is 7.53. The van der Waals surface area contributed by atoms with E-state index < -0.39 is 11.9 Å². The van der Waals surface area contributed by atoms with Crippen LogP contribution in [0.25, 0.3) is 0 Å². The lowest BCUT2D eigenvalue weighted by Gasteiger charge is -2.34. The molecule has 2 aliphatic heterocycles. The third-order valence-electron chi connectivity index (χ3n) is 3.70. The molecule has 24 heavy (non-hydrogen) atoms. The molecular weight excluding hydrogens is 356 g/mol. The molecule has 2 unspecified atom stereocenters. The minimum absolute atomic E-state index is 0.164. The Morgan fingerprint density at radius 1 is 1.00 bits per heavy atom. The van der Waals surface area contributed by atoms with Crippen molar-refractivity contribution in [1.82, 2.24) is 15.0 Å². The van der Waals surface area contributed by atoms with Crippen LogP contribution in [-0.4, -0.2) is 73.9 Å². The van der Waals surface area contributed by atoms with E-state index in [0.717, 1.165) is 36.4 Å². The Balaban J connectivity index is 1.85. The van der Waals surface area contributed by atoms with Gasteiger partial charge < -0.3 is 19.8 Å². The van der Waals surface area contributed by atoms with Crippen LogP contribution in [-0.2, 0) is 14.3 Å². The predicted molar refractivity (Wildman–Crippen MR) is 86.7 cm³/mol. The van der Waals surface area contributed by atoms with Crippen LogP contribution in [0.15, 0.2) is 10.3 Å². The van der Waals surface area contributed by atoms with Crippen LogP contribution in [0.5, 0.6) is 0 Å². The average molecular weight is 372 g/mol. The minimum atomic E-state index is -0.965. The van der Waals surface area contributed by atoms with Gasteiger partial charge in [-0.1, -0.05) is 23.5 Å². The summed E-state index contributed by atoms with van der Waals surface area (Å²) in [6.45, 7) is 1.22. The molecular formula is C13H16N4O5S2. The van der Waals surface area contributed by atoms with E-state index in [1.54, 1.807) is 0 Å². The number of carbonyl (C=O) groups is 2. The van der Waals surface area contributed by atoms with Gasteiger partial charge in [-0.05, 0) is 12.8 Å². The van der Waals surface area contributed by atoms with Crippen molar-refractivity contribution in [2.45, 2.75) is 35.2 Å². The molecule has 2 fully saturated rings. The summed E-state index contributed by atoms with van der Waals surface area (Å²) < 4.78 is 5.55. The Labute approximate surface area is 146 Å². The van der Waals surface area contributed by atoms with Gasteiger partial charge in [0.15, 0.2) is 10.3 Å². The number of aliphatic carboxylic acids is 2. The van der Waals surface area contributed by atoms with E-state index in [2.05, 4.69) is 19.9 Å². The van der Waals surface area contributed by atoms with Gasteiger partial charge in [-0.3, -0.25) is 9.59 Å². The molecule has 3 rings (SSSR count). The van der Waals surface area contributed by atoms with Gasteiger partial charge in [0.25, 0.3) is 0 Å². The molecule has 0 aliphatic carbocycles. The van der Waals surface area contributed by atoms with Gasteiger partial charge in [-0.2, -0.15) is 15.0 Å². The number of ether oxygens (including phenoxy) is 1. The van der Waals surface area contributed by atoms with Crippen molar-refractivity contribution in [3.05, 3.63) is 0 Å². The number of fused-ring (bicyclic) bond motifs is 2. The van der Waals surface area contributed by atoms with E-state index in [9.17, 15) is 9.59 Å². The van der Waals surface area contributed by atoms with Gasteiger partial charge in [-0.15, -0.1) is 0 Å². The van der Waals surface area contributed by atoms with Gasteiger partial charge in [0, 0.05) is 0 Å². The summed E-state index contributed by atoms with van der Waals surface area (Å²) in [5.74, 6) is -1.78. The molecule has 0 radical (unpaired) electrons. The van der Waals surface area contributed by atoms with Crippen LogP contribution in [0.4, 0.5) is 5.95 Å². The summed E-state index contributed by atoms with van der Waals surface area (Å²) in [6.07, 6.45) is 1.98. The molecule has 9 nitrogen and oxygen atoms in total. The maximum absolute atomic E-state index is 10.8. The largest absolute Gasteiger partial charge is 0.481 e. The van der Waals surface area contributed by atoms with E-state index in [1.807, 2.05) is 0 Å². The van der Waals surface area contributed by atoms with Crippen molar-refractivity contribution in [3.8, 4) is 0 Å². The fourth-order valence-corrected chi connectivity index (χ4v) is 3.94. The predicted octanol–water partition coefficient (Wildman–Crippen LogP) is 0.593. The SMILES string of the molecule is O=C(O)CSc1nc(SCC(=O)O)nc(N2C3CCC2COC3)n1. The van der Waals surface area contributed by atoms with E-state index in [4.69, 9.17) is 14.9 Å². The Hall–Kier alpha value is -1.59. The van der Waals surface area contributed by atoms with Crippen molar-refractivity contribution in [3.63, 3.8) is 0 Å². The first kappa shape index (κ1) is 17.2. The van der Waals surface area contributed by atoms with E-state index in [-0.39, 0.29) is 23.6 Å². The topological polar surface area (TPSA) is 126 Å². The van der Waals surface area contributed by atoms with Crippen LogP contribution in [0.2, 0.25) is 0 Å². The molecule has 3 heterocycles. The fourth-order valence-electron chi connectivity index (χ4n) is 2.78. The molecule has 2 N–H and O–H groups in total. The normalized spacial score (nSPS) is 22.6. The second-order valence-corrected chi connectivity index (χ2v) is 7.28. The molecule has 0 saturated carbocycles. The van der Waals surface area contributed by atoms with Crippen molar-refractivity contribution in [2.75, 3.05) is 29.6 Å². The number of aromatic nitrogens is 3. The summed E-state index contributed by atoms with van der Waals surface area (Å²) in [4.78, 5) is 36.6. The standard InChI is InChI=1S/C13H16N4O5S2/c18-9(19)5-23-12-14-11(15-13(16-12)24-6-10(20)21)17-7-1-2-8(17)4-22-3-7/h7-8H,1-6H2,(H,18,19)(H,20,21). The van der Waals surface area contributed by atoms with Crippen LogP contribution >= 0.6 is 23.5 Å². The molecule has 11 heteroatoms. The summed E-state index contributed by atoms with van der Waals surface area (Å²) in [6, 6.07) is 0.390. The van der Waals surface area contributed by atoms with Gasteiger partial charge in [0.1, 0.15) is 0 Å². The number of hydrogen-bond donors (Lipinski definition) is 2. The van der Waals surface area contributed by atoms with Crippen molar-refractivity contribution in [2.24, 2.45) is 0 Å². The monoisotopic (exact) mass is 372 g/mol. The molecule has 0 aromatic carbocycles. The molecule has 1 aromatic rings. The van der Waals surface area contributed by atoms with Gasteiger partial charge in [0.05, 0.1) is 36.8 Å². The quantitative estimate of drug-likeness (QED) is 0.653. The molecule has 1 aromatic heterocycles. The van der Waals surface area contributed by atoms with Crippen molar-refractivity contribution in [1.29, 1.82) is 0 Å². The van der Waals surface area contributed by atoms with E-state index >= 15 is 0 Å². The fraction of sp³-hybridized carbons (Fsp3) is 0.615. The number of carboxylic acids is 2. The molecule has 2 saturated heterocycles. The zero-order chi connectivity index (χ0) is 17.1. The van der Waals surface area contributed by atoms with Crippen LogP contribution < -0.4 is 4.90 Å². The molecule has 0 amide bonds. The molecule has 2 aliphatic rings. The first-order chi connectivity index (χ1) is 11.5. The highest BCUT2D eigenvalue weighted by Crippen LogP contribution is 2.33. The molecule has 2 atom stereocenters. The summed E-state index contributed by atoms with van der Waals surface area (Å²) in [5.41, 5.74) is 0.